The van der Waals surface area contributed by atoms with Crippen molar-refractivity contribution >= 4 is 11.8 Å². The maximum atomic E-state index is 12.9. The number of likely N-dealkylation sites (N-methyl/N-ethyl adjacent to an activating group) is 1. The molecule has 5 nitrogen and oxygen atoms in total. The van der Waals surface area contributed by atoms with Crippen LogP contribution in [0.3, 0.4) is 0 Å². The van der Waals surface area contributed by atoms with Gasteiger partial charge in [-0.3, -0.25) is 20.4 Å². The number of carbonyl (C=O) groups is 2. The van der Waals surface area contributed by atoms with E-state index in [9.17, 15) is 14.0 Å². The van der Waals surface area contributed by atoms with Crippen molar-refractivity contribution in [3.8, 4) is 0 Å². The number of hydrogen-bond donors (Lipinski definition) is 3. The van der Waals surface area contributed by atoms with E-state index in [4.69, 9.17) is 0 Å². The quantitative estimate of drug-likeness (QED) is 0.681. The van der Waals surface area contributed by atoms with Crippen LogP contribution in [0.1, 0.15) is 35.3 Å². The lowest BCUT2D eigenvalue weighted by Gasteiger charge is -2.21. The van der Waals surface area contributed by atoms with Gasteiger partial charge in [-0.1, -0.05) is 31.2 Å². The second kappa shape index (κ2) is 9.10. The number of hydrogen-bond acceptors (Lipinski definition) is 2. The van der Waals surface area contributed by atoms with Crippen molar-refractivity contribution in [3.63, 3.8) is 0 Å². The molecule has 2 aromatic carbocycles. The molecule has 0 aliphatic rings. The molecule has 2 atom stereocenters. The normalized spacial score (nSPS) is 12.9. The summed E-state index contributed by atoms with van der Waals surface area (Å²) in [4.78, 5) is 25.2. The Balaban J connectivity index is 1.85. The average Bonchev–Trinajstić information content (AvgIpc) is 2.66. The Labute approximate surface area is 153 Å². The summed E-state index contributed by atoms with van der Waals surface area (Å²) in [6.07, 6.45) is 0.996. The lowest BCUT2D eigenvalue weighted by Crippen LogP contribution is -3.12. The van der Waals surface area contributed by atoms with Crippen LogP contribution >= 0.6 is 0 Å². The van der Waals surface area contributed by atoms with Crippen LogP contribution < -0.4 is 15.8 Å². The molecule has 0 aliphatic heterocycles. The number of halogens is 1. The summed E-state index contributed by atoms with van der Waals surface area (Å²) in [5.41, 5.74) is 7.49. The fraction of sp³-hybridized carbons (Fsp3) is 0.300. The maximum absolute atomic E-state index is 12.9. The zero-order valence-electron chi connectivity index (χ0n) is 15.3. The zero-order chi connectivity index (χ0) is 19.1. The lowest BCUT2D eigenvalue weighted by molar-refractivity contribution is -0.908. The predicted octanol–water partition coefficient (Wildman–Crippen LogP) is 1.25. The van der Waals surface area contributed by atoms with Gasteiger partial charge in [0, 0.05) is 11.1 Å². The first kappa shape index (κ1) is 19.6. The second-order valence-electron chi connectivity index (χ2n) is 6.37. The molecule has 3 N–H and O–H groups in total. The summed E-state index contributed by atoms with van der Waals surface area (Å²) < 4.78 is 12.9. The Morgan fingerprint density at radius 2 is 1.58 bits per heavy atom. The maximum Gasteiger partial charge on any atom is 0.296 e. The molecule has 0 bridgehead atoms. The Kier molecular flexibility index (Phi) is 6.86. The zero-order valence-corrected chi connectivity index (χ0v) is 15.3. The van der Waals surface area contributed by atoms with Crippen LogP contribution in [-0.4, -0.2) is 24.9 Å². The molecule has 2 aromatic rings. The van der Waals surface area contributed by atoms with Gasteiger partial charge in [0.25, 0.3) is 11.8 Å². The molecule has 0 fully saturated rings. The summed E-state index contributed by atoms with van der Waals surface area (Å²) in [5.74, 6) is -1.20. The third kappa shape index (κ3) is 5.39. The van der Waals surface area contributed by atoms with Crippen molar-refractivity contribution in [2.75, 3.05) is 7.05 Å². The van der Waals surface area contributed by atoms with E-state index in [1.807, 2.05) is 7.05 Å². The van der Waals surface area contributed by atoms with Gasteiger partial charge in [-0.05, 0) is 43.2 Å². The number of nitrogens with one attached hydrogen (secondary N) is 3. The van der Waals surface area contributed by atoms with E-state index < -0.39 is 11.7 Å². The van der Waals surface area contributed by atoms with Crippen molar-refractivity contribution in [2.45, 2.75) is 32.9 Å². The minimum atomic E-state index is -0.488. The largest absolute Gasteiger partial charge is 0.324 e. The van der Waals surface area contributed by atoms with Crippen LogP contribution in [-0.2, 0) is 17.8 Å². The highest BCUT2D eigenvalue weighted by molar-refractivity contribution is 5.95. The van der Waals surface area contributed by atoms with E-state index in [1.165, 1.54) is 29.8 Å². The Bertz CT molecular complexity index is 745. The monoisotopic (exact) mass is 358 g/mol. The Morgan fingerprint density at radius 3 is 2.15 bits per heavy atom. The molecule has 2 amide bonds. The molecule has 26 heavy (non-hydrogen) atoms. The van der Waals surface area contributed by atoms with Gasteiger partial charge >= 0.3 is 0 Å². The molecule has 0 saturated carbocycles. The number of amides is 2. The summed E-state index contributed by atoms with van der Waals surface area (Å²) in [6.45, 7) is 4.61. The van der Waals surface area contributed by atoms with E-state index in [0.717, 1.165) is 16.9 Å². The van der Waals surface area contributed by atoms with Crippen LogP contribution in [0.15, 0.2) is 48.5 Å². The van der Waals surface area contributed by atoms with Crippen molar-refractivity contribution in [1.29, 1.82) is 0 Å². The van der Waals surface area contributed by atoms with Gasteiger partial charge in [0.1, 0.15) is 12.4 Å². The lowest BCUT2D eigenvalue weighted by atomic mass is 10.1. The molecule has 0 aromatic heterocycles. The molecule has 0 aliphatic carbocycles. The smallest absolute Gasteiger partial charge is 0.296 e. The Hall–Kier alpha value is -2.73. The van der Waals surface area contributed by atoms with Crippen molar-refractivity contribution in [2.24, 2.45) is 0 Å². The summed E-state index contributed by atoms with van der Waals surface area (Å²) in [5, 5.41) is 0. The van der Waals surface area contributed by atoms with Gasteiger partial charge in [0.15, 0.2) is 6.04 Å². The molecule has 1 unspecified atom stereocenters. The van der Waals surface area contributed by atoms with Crippen molar-refractivity contribution in [3.05, 3.63) is 71.0 Å². The van der Waals surface area contributed by atoms with Gasteiger partial charge in [0.2, 0.25) is 0 Å². The Morgan fingerprint density at radius 1 is 1.00 bits per heavy atom. The number of hydrazine groups is 1. The molecular formula is C20H25FN3O2+. The van der Waals surface area contributed by atoms with Gasteiger partial charge in [-0.15, -0.1) is 0 Å². The molecule has 2 rings (SSSR count). The average molecular weight is 358 g/mol. The van der Waals surface area contributed by atoms with Gasteiger partial charge in [-0.25, -0.2) is 4.39 Å². The number of carbonyl (C=O) groups excluding carboxylic acids is 2. The van der Waals surface area contributed by atoms with E-state index >= 15 is 0 Å². The minimum absolute atomic E-state index is 0.274. The molecule has 138 valence electrons. The summed E-state index contributed by atoms with van der Waals surface area (Å²) in [6, 6.07) is 13.1. The van der Waals surface area contributed by atoms with Gasteiger partial charge in [-0.2, -0.15) is 0 Å². The molecule has 6 heteroatoms. The third-order valence-electron chi connectivity index (χ3n) is 4.45. The molecular weight excluding hydrogens is 333 g/mol. The van der Waals surface area contributed by atoms with Crippen molar-refractivity contribution < 1.29 is 18.9 Å². The first-order valence-electron chi connectivity index (χ1n) is 8.66. The number of aryl methyl sites for hydroxylation is 1. The first-order valence-corrected chi connectivity index (χ1v) is 8.66. The summed E-state index contributed by atoms with van der Waals surface area (Å²) >= 11 is 0. The van der Waals surface area contributed by atoms with Crippen molar-refractivity contribution in [1.82, 2.24) is 10.9 Å². The third-order valence-corrected chi connectivity index (χ3v) is 4.45. The number of rotatable bonds is 6. The topological polar surface area (TPSA) is 62.6 Å². The van der Waals surface area contributed by atoms with E-state index in [-0.39, 0.29) is 17.5 Å². The predicted molar refractivity (Wildman–Crippen MR) is 97.9 cm³/mol. The highest BCUT2D eigenvalue weighted by Gasteiger charge is 2.22. The standard InChI is InChI=1S/C20H24FN3O2/c1-4-15-5-7-16(8-6-15)13-24(3)14(2)19(25)22-23-20(26)17-9-11-18(21)12-10-17/h5-12,14H,4,13H2,1-3H3,(H,22,25)(H,23,26)/p+1/t14-/m0/s1. The fourth-order valence-corrected chi connectivity index (χ4v) is 2.49. The molecule has 0 radical (unpaired) electrons. The van der Waals surface area contributed by atoms with E-state index in [2.05, 4.69) is 42.0 Å². The fourth-order valence-electron chi connectivity index (χ4n) is 2.49. The minimum Gasteiger partial charge on any atom is -0.324 e. The van der Waals surface area contributed by atoms with E-state index in [1.54, 1.807) is 6.92 Å². The van der Waals surface area contributed by atoms with Crippen LogP contribution in [0.2, 0.25) is 0 Å². The highest BCUT2D eigenvalue weighted by atomic mass is 19.1. The van der Waals surface area contributed by atoms with Crippen LogP contribution in [0.4, 0.5) is 4.39 Å². The van der Waals surface area contributed by atoms with E-state index in [0.29, 0.717) is 6.54 Å². The summed E-state index contributed by atoms with van der Waals surface area (Å²) in [7, 11) is 1.93. The molecule has 0 spiro atoms. The first-order chi connectivity index (χ1) is 12.4. The SMILES string of the molecule is CCc1ccc(C[NH+](C)[C@@H](C)C(=O)NNC(=O)c2ccc(F)cc2)cc1. The van der Waals surface area contributed by atoms with Gasteiger partial charge in [0.05, 0.1) is 7.05 Å². The van der Waals surface area contributed by atoms with Gasteiger partial charge < -0.3 is 4.90 Å². The van der Waals surface area contributed by atoms with Crippen LogP contribution in [0.5, 0.6) is 0 Å². The number of benzene rings is 2. The molecule has 0 heterocycles. The number of quaternary nitrogens is 1. The molecule has 0 saturated heterocycles. The van der Waals surface area contributed by atoms with Crippen LogP contribution in [0.25, 0.3) is 0 Å². The van der Waals surface area contributed by atoms with Crippen LogP contribution in [0, 0.1) is 5.82 Å². The highest BCUT2D eigenvalue weighted by Crippen LogP contribution is 2.04. The second-order valence-corrected chi connectivity index (χ2v) is 6.37.